The number of carbonyl (C=O) groups excluding carboxylic acids is 1. The van der Waals surface area contributed by atoms with E-state index in [1.807, 2.05) is 0 Å². The van der Waals surface area contributed by atoms with Gasteiger partial charge in [-0.25, -0.2) is 8.78 Å². The highest BCUT2D eigenvalue weighted by Crippen LogP contribution is 2.16. The molecule has 0 spiro atoms. The average molecular weight is 273 g/mol. The fourth-order valence-corrected chi connectivity index (χ4v) is 1.69. The van der Waals surface area contributed by atoms with Crippen molar-refractivity contribution in [2.24, 2.45) is 0 Å². The topological polar surface area (TPSA) is 29.1 Å². The molecule has 0 radical (unpaired) electrons. The predicted molar refractivity (Wildman–Crippen MR) is 75.2 cm³/mol. The minimum atomic E-state index is -0.417. The molecule has 0 saturated carbocycles. The van der Waals surface area contributed by atoms with E-state index in [-0.39, 0.29) is 5.82 Å². The van der Waals surface area contributed by atoms with Crippen LogP contribution in [0.2, 0.25) is 0 Å². The summed E-state index contributed by atoms with van der Waals surface area (Å²) in [4.78, 5) is 11.7. The van der Waals surface area contributed by atoms with E-state index in [4.69, 9.17) is 0 Å². The number of nitrogens with one attached hydrogen (secondary N) is 1. The molecule has 2 rings (SSSR count). The molecule has 1 amide bonds. The second-order valence-electron chi connectivity index (χ2n) is 4.34. The Kier molecular flexibility index (Phi) is 4.25. The van der Waals surface area contributed by atoms with Crippen LogP contribution in [0, 0.1) is 18.6 Å². The van der Waals surface area contributed by atoms with Crippen LogP contribution in [0.3, 0.4) is 0 Å². The highest BCUT2D eigenvalue weighted by atomic mass is 19.1. The number of hydrogen-bond donors (Lipinski definition) is 1. The number of amides is 1. The van der Waals surface area contributed by atoms with Gasteiger partial charge in [0.1, 0.15) is 11.6 Å². The fourth-order valence-electron chi connectivity index (χ4n) is 1.69. The highest BCUT2D eigenvalue weighted by molar-refractivity contribution is 6.02. The fraction of sp³-hybridized carbons (Fsp3) is 0.0625. The number of halogens is 2. The third kappa shape index (κ3) is 3.75. The zero-order valence-corrected chi connectivity index (χ0v) is 10.9. The van der Waals surface area contributed by atoms with E-state index in [1.165, 1.54) is 36.4 Å². The van der Waals surface area contributed by atoms with Crippen LogP contribution < -0.4 is 5.32 Å². The van der Waals surface area contributed by atoms with Gasteiger partial charge in [0.25, 0.3) is 0 Å². The van der Waals surface area contributed by atoms with E-state index in [0.717, 1.165) is 5.56 Å². The number of aryl methyl sites for hydroxylation is 1. The van der Waals surface area contributed by atoms with Crippen molar-refractivity contribution in [1.29, 1.82) is 0 Å². The molecule has 2 aromatic rings. The second kappa shape index (κ2) is 6.10. The van der Waals surface area contributed by atoms with Crippen molar-refractivity contribution in [2.45, 2.75) is 6.92 Å². The van der Waals surface area contributed by atoms with Crippen LogP contribution in [0.1, 0.15) is 11.1 Å². The molecule has 102 valence electrons. The molecule has 2 nitrogen and oxygen atoms in total. The number of hydrogen-bond acceptors (Lipinski definition) is 1. The Balaban J connectivity index is 2.07. The lowest BCUT2D eigenvalue weighted by Gasteiger charge is -2.06. The summed E-state index contributed by atoms with van der Waals surface area (Å²) >= 11 is 0. The van der Waals surface area contributed by atoms with Crippen molar-refractivity contribution in [3.63, 3.8) is 0 Å². The van der Waals surface area contributed by atoms with E-state index < -0.39 is 11.7 Å². The summed E-state index contributed by atoms with van der Waals surface area (Å²) in [5.74, 6) is -1.18. The lowest BCUT2D eigenvalue weighted by Crippen LogP contribution is -2.09. The van der Waals surface area contributed by atoms with E-state index in [2.05, 4.69) is 5.32 Å². The highest BCUT2D eigenvalue weighted by Gasteiger charge is 2.03. The summed E-state index contributed by atoms with van der Waals surface area (Å²) < 4.78 is 26.0. The Morgan fingerprint density at radius 1 is 1.10 bits per heavy atom. The van der Waals surface area contributed by atoms with Gasteiger partial charge in [0.2, 0.25) is 5.91 Å². The maximum Gasteiger partial charge on any atom is 0.248 e. The largest absolute Gasteiger partial charge is 0.322 e. The first-order valence-electron chi connectivity index (χ1n) is 6.05. The molecule has 0 aromatic heterocycles. The minimum absolute atomic E-state index is 0.367. The summed E-state index contributed by atoms with van der Waals surface area (Å²) in [5.41, 5.74) is 1.76. The molecule has 0 aliphatic rings. The molecule has 0 aliphatic heterocycles. The molecular formula is C16H13F2NO. The summed E-state index contributed by atoms with van der Waals surface area (Å²) in [6, 6.07) is 10.0. The van der Waals surface area contributed by atoms with Crippen LogP contribution in [-0.2, 0) is 4.79 Å². The first kappa shape index (κ1) is 13.9. The molecule has 0 bridgehead atoms. The van der Waals surface area contributed by atoms with Gasteiger partial charge in [0.05, 0.1) is 0 Å². The van der Waals surface area contributed by atoms with E-state index >= 15 is 0 Å². The molecule has 0 heterocycles. The lowest BCUT2D eigenvalue weighted by atomic mass is 10.2. The maximum atomic E-state index is 13.1. The van der Waals surface area contributed by atoms with Crippen LogP contribution in [-0.4, -0.2) is 5.91 Å². The van der Waals surface area contributed by atoms with Crippen molar-refractivity contribution in [2.75, 3.05) is 5.32 Å². The molecule has 2 aromatic carbocycles. The summed E-state index contributed by atoms with van der Waals surface area (Å²) in [7, 11) is 0. The summed E-state index contributed by atoms with van der Waals surface area (Å²) in [5, 5.41) is 2.58. The molecule has 1 N–H and O–H groups in total. The third-order valence-electron chi connectivity index (χ3n) is 2.73. The molecule has 0 aliphatic carbocycles. The van der Waals surface area contributed by atoms with Gasteiger partial charge in [-0.3, -0.25) is 4.79 Å². The van der Waals surface area contributed by atoms with Crippen molar-refractivity contribution >= 4 is 17.7 Å². The van der Waals surface area contributed by atoms with Crippen LogP contribution >= 0.6 is 0 Å². The van der Waals surface area contributed by atoms with E-state index in [1.54, 1.807) is 25.1 Å². The quantitative estimate of drug-likeness (QED) is 0.844. The Morgan fingerprint density at radius 2 is 1.85 bits per heavy atom. The third-order valence-corrected chi connectivity index (χ3v) is 2.73. The number of benzene rings is 2. The number of carbonyl (C=O) groups is 1. The number of rotatable bonds is 3. The Morgan fingerprint density at radius 3 is 2.60 bits per heavy atom. The summed E-state index contributed by atoms with van der Waals surface area (Å²) in [6.07, 6.45) is 2.77. The molecule has 0 unspecified atom stereocenters. The van der Waals surface area contributed by atoms with Gasteiger partial charge in [-0.05, 0) is 48.4 Å². The molecule has 0 fully saturated rings. The van der Waals surface area contributed by atoms with Crippen LogP contribution in [0.25, 0.3) is 6.08 Å². The SMILES string of the molecule is Cc1ccc(F)cc1NC(=O)/C=C/c1cccc(F)c1. The van der Waals surface area contributed by atoms with Gasteiger partial charge in [-0.1, -0.05) is 18.2 Å². The Hall–Kier alpha value is -2.49. The van der Waals surface area contributed by atoms with Gasteiger partial charge < -0.3 is 5.32 Å². The monoisotopic (exact) mass is 273 g/mol. The summed E-state index contributed by atoms with van der Waals surface area (Å²) in [6.45, 7) is 1.77. The van der Waals surface area contributed by atoms with Gasteiger partial charge in [0, 0.05) is 11.8 Å². The molecule has 0 saturated heterocycles. The second-order valence-corrected chi connectivity index (χ2v) is 4.34. The van der Waals surface area contributed by atoms with Crippen molar-refractivity contribution in [3.8, 4) is 0 Å². The average Bonchev–Trinajstić information content (AvgIpc) is 2.41. The van der Waals surface area contributed by atoms with Crippen LogP contribution in [0.15, 0.2) is 48.5 Å². The molecular weight excluding hydrogens is 260 g/mol. The minimum Gasteiger partial charge on any atom is -0.322 e. The van der Waals surface area contributed by atoms with Crippen molar-refractivity contribution in [3.05, 3.63) is 71.3 Å². The van der Waals surface area contributed by atoms with Crippen LogP contribution in [0.4, 0.5) is 14.5 Å². The van der Waals surface area contributed by atoms with Gasteiger partial charge >= 0.3 is 0 Å². The molecule has 0 atom stereocenters. The first-order valence-corrected chi connectivity index (χ1v) is 6.05. The van der Waals surface area contributed by atoms with Gasteiger partial charge in [-0.15, -0.1) is 0 Å². The van der Waals surface area contributed by atoms with E-state index in [0.29, 0.717) is 11.3 Å². The van der Waals surface area contributed by atoms with Crippen LogP contribution in [0.5, 0.6) is 0 Å². The smallest absolute Gasteiger partial charge is 0.248 e. The lowest BCUT2D eigenvalue weighted by molar-refractivity contribution is -0.111. The Labute approximate surface area is 115 Å². The van der Waals surface area contributed by atoms with E-state index in [9.17, 15) is 13.6 Å². The van der Waals surface area contributed by atoms with Gasteiger partial charge in [-0.2, -0.15) is 0 Å². The standard InChI is InChI=1S/C16H13F2NO/c1-11-5-7-14(18)10-15(11)19-16(20)8-6-12-3-2-4-13(17)9-12/h2-10H,1H3,(H,19,20)/b8-6+. The van der Waals surface area contributed by atoms with Crippen molar-refractivity contribution in [1.82, 2.24) is 0 Å². The Bertz CT molecular complexity index is 665. The first-order chi connectivity index (χ1) is 9.54. The molecule has 20 heavy (non-hydrogen) atoms. The predicted octanol–water partition coefficient (Wildman–Crippen LogP) is 3.93. The molecule has 4 heteroatoms. The van der Waals surface area contributed by atoms with Crippen molar-refractivity contribution < 1.29 is 13.6 Å². The maximum absolute atomic E-state index is 13.1. The zero-order valence-electron chi connectivity index (χ0n) is 10.9. The zero-order chi connectivity index (χ0) is 14.5. The normalized spacial score (nSPS) is 10.8. The number of anilines is 1. The van der Waals surface area contributed by atoms with Gasteiger partial charge in [0.15, 0.2) is 0 Å².